The number of anilines is 2. The second-order valence-electron chi connectivity index (χ2n) is 7.39. The summed E-state index contributed by atoms with van der Waals surface area (Å²) < 4.78 is 5.48. The zero-order valence-electron chi connectivity index (χ0n) is 19.0. The van der Waals surface area contributed by atoms with Gasteiger partial charge in [0.1, 0.15) is 11.6 Å². The second-order valence-corrected chi connectivity index (χ2v) is 7.39. The molecule has 1 aromatic carbocycles. The summed E-state index contributed by atoms with van der Waals surface area (Å²) >= 11 is 0. The largest absolute Gasteiger partial charge is 0.495 e. The van der Waals surface area contributed by atoms with E-state index in [1.54, 1.807) is 19.4 Å². The average Bonchev–Trinajstić information content (AvgIpc) is 2.79. The number of nitrogens with zero attached hydrogens (tertiary/aromatic N) is 3. The van der Waals surface area contributed by atoms with Gasteiger partial charge in [0, 0.05) is 36.3 Å². The molecule has 0 aliphatic carbocycles. The molecule has 0 unspecified atom stereocenters. The lowest BCUT2D eigenvalue weighted by Crippen LogP contribution is -2.28. The number of hydrogen-bond acceptors (Lipinski definition) is 6. The quantitative estimate of drug-likeness (QED) is 0.440. The molecule has 8 nitrogen and oxygen atoms in total. The van der Waals surface area contributed by atoms with Gasteiger partial charge in [-0.3, -0.25) is 4.98 Å². The number of carbonyl (C=O) groups is 1. The van der Waals surface area contributed by atoms with Gasteiger partial charge in [0.25, 0.3) is 0 Å². The van der Waals surface area contributed by atoms with Crippen molar-refractivity contribution in [3.8, 4) is 17.1 Å². The Morgan fingerprint density at radius 3 is 2.69 bits per heavy atom. The average molecular weight is 435 g/mol. The number of aromatic nitrogens is 3. The molecule has 3 N–H and O–H groups in total. The van der Waals surface area contributed by atoms with Gasteiger partial charge in [-0.05, 0) is 50.1 Å². The van der Waals surface area contributed by atoms with Crippen molar-refractivity contribution in [1.82, 2.24) is 20.3 Å². The lowest BCUT2D eigenvalue weighted by molar-refractivity contribution is 0.252. The first kappa shape index (κ1) is 23.0. The zero-order chi connectivity index (χ0) is 22.9. The predicted molar refractivity (Wildman–Crippen MR) is 127 cm³/mol. The molecule has 0 saturated carbocycles. The van der Waals surface area contributed by atoms with Crippen molar-refractivity contribution in [2.24, 2.45) is 0 Å². The number of nitrogens with one attached hydrogen (secondary N) is 3. The molecule has 3 aromatic rings. The lowest BCUT2D eigenvalue weighted by Gasteiger charge is -2.19. The Balaban J connectivity index is 1.88. The van der Waals surface area contributed by atoms with E-state index in [-0.39, 0.29) is 12.1 Å². The van der Waals surface area contributed by atoms with E-state index in [0.29, 0.717) is 23.8 Å². The van der Waals surface area contributed by atoms with Crippen molar-refractivity contribution in [2.75, 3.05) is 24.3 Å². The number of ether oxygens (including phenoxy) is 1. The predicted octanol–water partition coefficient (Wildman–Crippen LogP) is 4.95. The van der Waals surface area contributed by atoms with Gasteiger partial charge in [0.2, 0.25) is 0 Å². The monoisotopic (exact) mass is 434 g/mol. The lowest BCUT2D eigenvalue weighted by atomic mass is 10.0. The number of amides is 2. The Morgan fingerprint density at radius 2 is 2.00 bits per heavy atom. The molecular weight excluding hydrogens is 404 g/mol. The van der Waals surface area contributed by atoms with Crippen molar-refractivity contribution in [2.45, 2.75) is 39.7 Å². The number of methoxy groups -OCH3 is 1. The fourth-order valence-corrected chi connectivity index (χ4v) is 3.40. The summed E-state index contributed by atoms with van der Waals surface area (Å²) in [6.45, 7) is 6.50. The Hall–Kier alpha value is -3.68. The molecule has 8 heteroatoms. The SMILES string of the molecule is CCC[C@H](Nc1cc(C)nc(-c2ccc(NC(=O)NCC)c(OC)c2)n1)c1cccnc1. The first-order valence-corrected chi connectivity index (χ1v) is 10.8. The maximum Gasteiger partial charge on any atom is 0.319 e. The smallest absolute Gasteiger partial charge is 0.319 e. The maximum absolute atomic E-state index is 11.9. The molecule has 2 amide bonds. The summed E-state index contributed by atoms with van der Waals surface area (Å²) in [6.07, 6.45) is 5.64. The molecule has 3 rings (SSSR count). The van der Waals surface area contributed by atoms with Crippen molar-refractivity contribution in [3.63, 3.8) is 0 Å². The van der Waals surface area contributed by atoms with Gasteiger partial charge in [-0.25, -0.2) is 14.8 Å². The highest BCUT2D eigenvalue weighted by Gasteiger charge is 2.15. The van der Waals surface area contributed by atoms with Crippen LogP contribution in [0.5, 0.6) is 5.75 Å². The van der Waals surface area contributed by atoms with Gasteiger partial charge < -0.3 is 20.7 Å². The topological polar surface area (TPSA) is 101 Å². The fourth-order valence-electron chi connectivity index (χ4n) is 3.40. The molecule has 32 heavy (non-hydrogen) atoms. The summed E-state index contributed by atoms with van der Waals surface area (Å²) in [7, 11) is 1.56. The Labute approximate surface area is 188 Å². The van der Waals surface area contributed by atoms with E-state index < -0.39 is 0 Å². The van der Waals surface area contributed by atoms with Crippen LogP contribution in [0.15, 0.2) is 48.8 Å². The van der Waals surface area contributed by atoms with Crippen LogP contribution in [0.25, 0.3) is 11.4 Å². The standard InChI is InChI=1S/C24H30N6O2/c1-5-8-19(18-9-7-12-25-15-18)28-22-13-16(3)27-23(30-22)17-10-11-20(21(14-17)32-4)29-24(31)26-6-2/h7,9-15,19H,5-6,8H2,1-4H3,(H2,26,29,31)(H,27,28,30)/t19-/m0/s1. The molecule has 2 heterocycles. The van der Waals surface area contributed by atoms with Crippen LogP contribution in [0.1, 0.15) is 44.0 Å². The van der Waals surface area contributed by atoms with Gasteiger partial charge in [-0.15, -0.1) is 0 Å². The number of hydrogen-bond donors (Lipinski definition) is 3. The molecule has 1 atom stereocenters. The van der Waals surface area contributed by atoms with E-state index in [4.69, 9.17) is 9.72 Å². The molecule has 168 valence electrons. The van der Waals surface area contributed by atoms with Crippen LogP contribution in [-0.4, -0.2) is 34.6 Å². The Kier molecular flexibility index (Phi) is 7.96. The summed E-state index contributed by atoms with van der Waals surface area (Å²) in [5, 5.41) is 9.03. The third-order valence-corrected chi connectivity index (χ3v) is 4.89. The third-order valence-electron chi connectivity index (χ3n) is 4.89. The van der Waals surface area contributed by atoms with Crippen LogP contribution < -0.4 is 20.7 Å². The van der Waals surface area contributed by atoms with E-state index in [1.807, 2.05) is 44.3 Å². The fraction of sp³-hybridized carbons (Fsp3) is 0.333. The molecule has 0 spiro atoms. The number of carbonyl (C=O) groups excluding carboxylic acids is 1. The van der Waals surface area contributed by atoms with Gasteiger partial charge in [-0.2, -0.15) is 0 Å². The zero-order valence-corrected chi connectivity index (χ0v) is 19.0. The van der Waals surface area contributed by atoms with Crippen LogP contribution in [-0.2, 0) is 0 Å². The van der Waals surface area contributed by atoms with Crippen LogP contribution in [0.3, 0.4) is 0 Å². The third kappa shape index (κ3) is 5.94. The van der Waals surface area contributed by atoms with Crippen LogP contribution in [0.2, 0.25) is 0 Å². The highest BCUT2D eigenvalue weighted by atomic mass is 16.5. The van der Waals surface area contributed by atoms with E-state index in [9.17, 15) is 4.79 Å². The van der Waals surface area contributed by atoms with Crippen LogP contribution in [0.4, 0.5) is 16.3 Å². The maximum atomic E-state index is 11.9. The van der Waals surface area contributed by atoms with Gasteiger partial charge >= 0.3 is 6.03 Å². The van der Waals surface area contributed by atoms with Gasteiger partial charge in [-0.1, -0.05) is 19.4 Å². The number of benzene rings is 1. The molecule has 0 fully saturated rings. The number of rotatable bonds is 9. The summed E-state index contributed by atoms with van der Waals surface area (Å²) in [6, 6.07) is 11.3. The van der Waals surface area contributed by atoms with Crippen molar-refractivity contribution >= 4 is 17.5 Å². The van der Waals surface area contributed by atoms with Gasteiger partial charge in [0.05, 0.1) is 18.8 Å². The van der Waals surface area contributed by atoms with Gasteiger partial charge in [0.15, 0.2) is 5.82 Å². The van der Waals surface area contributed by atoms with Crippen molar-refractivity contribution < 1.29 is 9.53 Å². The molecular formula is C24H30N6O2. The normalized spacial score (nSPS) is 11.5. The minimum Gasteiger partial charge on any atom is -0.495 e. The van der Waals surface area contributed by atoms with Crippen molar-refractivity contribution in [3.05, 3.63) is 60.0 Å². The molecule has 0 aliphatic rings. The van der Waals surface area contributed by atoms with E-state index >= 15 is 0 Å². The Morgan fingerprint density at radius 1 is 1.16 bits per heavy atom. The molecule has 2 aromatic heterocycles. The summed E-state index contributed by atoms with van der Waals surface area (Å²) in [4.78, 5) is 25.5. The summed E-state index contributed by atoms with van der Waals surface area (Å²) in [5.74, 6) is 1.86. The number of urea groups is 1. The first-order valence-electron chi connectivity index (χ1n) is 10.8. The molecule has 0 saturated heterocycles. The highest BCUT2D eigenvalue weighted by Crippen LogP contribution is 2.31. The first-order chi connectivity index (χ1) is 15.5. The highest BCUT2D eigenvalue weighted by molar-refractivity contribution is 5.91. The van der Waals surface area contributed by atoms with E-state index in [0.717, 1.165) is 35.5 Å². The van der Waals surface area contributed by atoms with Crippen molar-refractivity contribution in [1.29, 1.82) is 0 Å². The number of aryl methyl sites for hydroxylation is 1. The second kappa shape index (κ2) is 11.1. The minimum absolute atomic E-state index is 0.106. The van der Waals surface area contributed by atoms with E-state index in [1.165, 1.54) is 0 Å². The molecule has 0 bridgehead atoms. The van der Waals surface area contributed by atoms with E-state index in [2.05, 4.69) is 38.9 Å². The minimum atomic E-state index is -0.283. The van der Waals surface area contributed by atoms with Crippen LogP contribution in [0, 0.1) is 6.92 Å². The number of pyridine rings is 1. The Bertz CT molecular complexity index is 1040. The molecule has 0 aliphatic heterocycles. The molecule has 0 radical (unpaired) electrons. The van der Waals surface area contributed by atoms with Crippen LogP contribution >= 0.6 is 0 Å². The summed E-state index contributed by atoms with van der Waals surface area (Å²) in [5.41, 5.74) is 3.34.